The third-order valence-electron chi connectivity index (χ3n) is 5.15. The van der Waals surface area contributed by atoms with E-state index in [9.17, 15) is 27.2 Å². The van der Waals surface area contributed by atoms with Crippen molar-refractivity contribution in [2.45, 2.75) is 31.8 Å². The zero-order valence-electron chi connectivity index (χ0n) is 21.1. The molecule has 0 bridgehead atoms. The van der Waals surface area contributed by atoms with Gasteiger partial charge in [0.1, 0.15) is 22.6 Å². The Bertz CT molecular complexity index is 1350. The van der Waals surface area contributed by atoms with E-state index in [1.54, 1.807) is 18.2 Å². The summed E-state index contributed by atoms with van der Waals surface area (Å²) in [6.07, 6.45) is -3.42. The number of pyridine rings is 1. The predicted molar refractivity (Wildman–Crippen MR) is 139 cm³/mol. The first-order valence-electron chi connectivity index (χ1n) is 11.7. The molecular formula is C24H26F4N8O3S. The molecule has 0 aliphatic heterocycles. The van der Waals surface area contributed by atoms with Crippen molar-refractivity contribution in [2.24, 2.45) is 11.6 Å². The van der Waals surface area contributed by atoms with E-state index in [4.69, 9.17) is 11.6 Å². The van der Waals surface area contributed by atoms with Crippen molar-refractivity contribution in [3.8, 4) is 16.9 Å². The molecule has 2 aromatic heterocycles. The average molecular weight is 583 g/mol. The second-order valence-corrected chi connectivity index (χ2v) is 9.40. The Morgan fingerprint density at radius 1 is 1.20 bits per heavy atom. The van der Waals surface area contributed by atoms with Crippen molar-refractivity contribution in [3.05, 3.63) is 65.2 Å². The molecule has 0 radical (unpaired) electrons. The normalized spacial score (nSPS) is 12.5. The number of amides is 2. The van der Waals surface area contributed by atoms with Crippen molar-refractivity contribution in [3.63, 3.8) is 0 Å². The van der Waals surface area contributed by atoms with Gasteiger partial charge in [0.25, 0.3) is 5.91 Å². The average Bonchev–Trinajstić information content (AvgIpc) is 3.33. The molecule has 11 nitrogen and oxygen atoms in total. The van der Waals surface area contributed by atoms with Crippen LogP contribution in [0.1, 0.15) is 17.1 Å². The number of aryl methyl sites for hydroxylation is 1. The Balaban J connectivity index is 1.51. The first kappa shape index (κ1) is 30.2. The minimum absolute atomic E-state index is 0.0654. The van der Waals surface area contributed by atoms with E-state index in [0.717, 1.165) is 22.5 Å². The minimum atomic E-state index is -4.81. The summed E-state index contributed by atoms with van der Waals surface area (Å²) in [5.74, 6) is 4.32. The SMILES string of the molecule is CNC(=O)/C(N)=C/N(N)CC(F)CCc1nnc(NC(=O)Cc2cc(-c3cccc(OC(F)(F)F)c3)ccn2)s1. The van der Waals surface area contributed by atoms with E-state index in [0.29, 0.717) is 21.8 Å². The van der Waals surface area contributed by atoms with Gasteiger partial charge in [-0.15, -0.1) is 23.4 Å². The lowest BCUT2D eigenvalue weighted by Crippen LogP contribution is -2.35. The number of hydrazine groups is 1. The van der Waals surface area contributed by atoms with Crippen LogP contribution in [0.5, 0.6) is 5.75 Å². The van der Waals surface area contributed by atoms with Crippen LogP contribution in [0.15, 0.2) is 54.5 Å². The van der Waals surface area contributed by atoms with Crippen molar-refractivity contribution >= 4 is 28.3 Å². The zero-order chi connectivity index (χ0) is 29.3. The highest BCUT2D eigenvalue weighted by atomic mass is 32.1. The van der Waals surface area contributed by atoms with E-state index in [-0.39, 0.29) is 42.4 Å². The summed E-state index contributed by atoms with van der Waals surface area (Å²) in [6.45, 7) is -0.203. The summed E-state index contributed by atoms with van der Waals surface area (Å²) in [5.41, 5.74) is 6.75. The molecule has 40 heavy (non-hydrogen) atoms. The lowest BCUT2D eigenvalue weighted by Gasteiger charge is -2.17. The van der Waals surface area contributed by atoms with Gasteiger partial charge < -0.3 is 26.1 Å². The van der Waals surface area contributed by atoms with Gasteiger partial charge in [0, 0.05) is 25.9 Å². The topological polar surface area (TPSA) is 161 Å². The van der Waals surface area contributed by atoms with Gasteiger partial charge in [0.05, 0.1) is 18.7 Å². The molecule has 214 valence electrons. The number of halogens is 4. The number of ether oxygens (including phenoxy) is 1. The van der Waals surface area contributed by atoms with E-state index in [2.05, 4.69) is 30.6 Å². The highest BCUT2D eigenvalue weighted by molar-refractivity contribution is 7.15. The number of likely N-dealkylation sites (N-methyl/N-ethyl adjacent to an activating group) is 1. The Hall–Kier alpha value is -4.31. The summed E-state index contributed by atoms with van der Waals surface area (Å²) >= 11 is 1.08. The summed E-state index contributed by atoms with van der Waals surface area (Å²) in [7, 11) is 1.40. The number of anilines is 1. The van der Waals surface area contributed by atoms with Gasteiger partial charge >= 0.3 is 6.36 Å². The van der Waals surface area contributed by atoms with E-state index in [1.165, 1.54) is 31.4 Å². The van der Waals surface area contributed by atoms with Crippen LogP contribution in [-0.4, -0.2) is 58.1 Å². The second-order valence-electron chi connectivity index (χ2n) is 8.33. The number of nitrogens with two attached hydrogens (primary N) is 2. The molecule has 0 aliphatic carbocycles. The van der Waals surface area contributed by atoms with Crippen molar-refractivity contribution < 1.29 is 31.9 Å². The lowest BCUT2D eigenvalue weighted by molar-refractivity contribution is -0.274. The standard InChI is InChI=1S/C24H26F4N8O3S/c1-31-22(38)19(29)13-36(30)12-16(25)5-6-21-34-35-23(40-21)33-20(37)11-17-9-15(7-8-32-17)14-3-2-4-18(10-14)39-24(26,27)28/h2-4,7-10,13,16H,5-6,11-12,29-30H2,1H3,(H,31,38)(H,33,35,37)/b19-13-. The molecule has 1 unspecified atom stereocenters. The fourth-order valence-electron chi connectivity index (χ4n) is 3.39. The van der Waals surface area contributed by atoms with Crippen LogP contribution in [0.3, 0.4) is 0 Å². The monoisotopic (exact) mass is 582 g/mol. The first-order valence-corrected chi connectivity index (χ1v) is 12.5. The van der Waals surface area contributed by atoms with Gasteiger partial charge in [0.15, 0.2) is 0 Å². The molecule has 2 amide bonds. The molecule has 2 heterocycles. The summed E-state index contributed by atoms with van der Waals surface area (Å²) in [6, 6.07) is 8.63. The number of nitrogens with zero attached hydrogens (tertiary/aromatic N) is 4. The molecule has 0 aliphatic rings. The number of nitrogens with one attached hydrogen (secondary N) is 2. The van der Waals surface area contributed by atoms with Crippen molar-refractivity contribution in [1.82, 2.24) is 25.5 Å². The number of benzene rings is 1. The van der Waals surface area contributed by atoms with Crippen LogP contribution in [0.2, 0.25) is 0 Å². The molecule has 3 rings (SSSR count). The van der Waals surface area contributed by atoms with Gasteiger partial charge in [-0.05, 0) is 41.8 Å². The van der Waals surface area contributed by atoms with Crippen LogP contribution < -0.4 is 26.9 Å². The highest BCUT2D eigenvalue weighted by Gasteiger charge is 2.31. The van der Waals surface area contributed by atoms with Gasteiger partial charge in [-0.25, -0.2) is 10.2 Å². The van der Waals surface area contributed by atoms with Crippen LogP contribution in [0.25, 0.3) is 11.1 Å². The molecule has 0 fully saturated rings. The maximum absolute atomic E-state index is 14.3. The van der Waals surface area contributed by atoms with Gasteiger partial charge in [-0.2, -0.15) is 0 Å². The number of carbonyl (C=O) groups excluding carboxylic acids is 2. The number of aromatic nitrogens is 3. The fourth-order valence-corrected chi connectivity index (χ4v) is 4.17. The van der Waals surface area contributed by atoms with E-state index in [1.807, 2.05) is 0 Å². The molecule has 1 atom stereocenters. The Kier molecular flexibility index (Phi) is 10.3. The molecule has 0 saturated carbocycles. The van der Waals surface area contributed by atoms with Gasteiger partial charge in [-0.3, -0.25) is 14.6 Å². The maximum Gasteiger partial charge on any atom is 0.573 e. The van der Waals surface area contributed by atoms with Crippen LogP contribution in [0, 0.1) is 0 Å². The van der Waals surface area contributed by atoms with Gasteiger partial charge in [-0.1, -0.05) is 23.5 Å². The minimum Gasteiger partial charge on any atom is -0.406 e. The number of alkyl halides is 4. The summed E-state index contributed by atoms with van der Waals surface area (Å²) < 4.78 is 55.9. The second kappa shape index (κ2) is 13.7. The van der Waals surface area contributed by atoms with E-state index >= 15 is 0 Å². The smallest absolute Gasteiger partial charge is 0.406 e. The number of hydrogen-bond acceptors (Lipinski definition) is 10. The highest BCUT2D eigenvalue weighted by Crippen LogP contribution is 2.28. The number of carbonyl (C=O) groups is 2. The largest absolute Gasteiger partial charge is 0.573 e. The van der Waals surface area contributed by atoms with Crippen LogP contribution >= 0.6 is 11.3 Å². The molecular weight excluding hydrogens is 556 g/mol. The third kappa shape index (κ3) is 9.77. The molecule has 0 saturated heterocycles. The van der Waals surface area contributed by atoms with E-state index < -0.39 is 24.3 Å². The zero-order valence-corrected chi connectivity index (χ0v) is 21.9. The Labute approximate surface area is 230 Å². The third-order valence-corrected chi connectivity index (χ3v) is 6.05. The van der Waals surface area contributed by atoms with Crippen LogP contribution in [-0.2, 0) is 22.4 Å². The van der Waals surface area contributed by atoms with Crippen molar-refractivity contribution in [1.29, 1.82) is 0 Å². The summed E-state index contributed by atoms with van der Waals surface area (Å²) in [5, 5.41) is 14.5. The molecule has 3 aromatic rings. The predicted octanol–water partition coefficient (Wildman–Crippen LogP) is 2.67. The maximum atomic E-state index is 14.3. The van der Waals surface area contributed by atoms with Crippen molar-refractivity contribution in [2.75, 3.05) is 18.9 Å². The fraction of sp³-hybridized carbons (Fsp3) is 0.292. The Morgan fingerprint density at radius 3 is 2.67 bits per heavy atom. The van der Waals surface area contributed by atoms with Crippen LogP contribution in [0.4, 0.5) is 22.7 Å². The lowest BCUT2D eigenvalue weighted by atomic mass is 10.1. The molecule has 0 spiro atoms. The summed E-state index contributed by atoms with van der Waals surface area (Å²) in [4.78, 5) is 28.0. The van der Waals surface area contributed by atoms with Gasteiger partial charge in [0.2, 0.25) is 11.0 Å². The Morgan fingerprint density at radius 2 is 1.95 bits per heavy atom. The number of rotatable bonds is 12. The number of hydrogen-bond donors (Lipinski definition) is 4. The molecule has 6 N–H and O–H groups in total. The molecule has 16 heteroatoms. The molecule has 1 aromatic carbocycles. The quantitative estimate of drug-likeness (QED) is 0.109. The first-order chi connectivity index (χ1) is 18.9.